The minimum Gasteiger partial charge on any atom is -0.493 e. The molecule has 0 saturated heterocycles. The highest BCUT2D eigenvalue weighted by molar-refractivity contribution is 5.88. The van der Waals surface area contributed by atoms with Crippen LogP contribution in [0.4, 0.5) is 13.2 Å². The molecule has 0 aromatic heterocycles. The maximum absolute atomic E-state index is 12.1. The molecule has 2 aromatic rings. The molecule has 0 atom stereocenters. The van der Waals surface area contributed by atoms with E-state index >= 15 is 0 Å². The molecule has 1 N–H and O–H groups in total. The van der Waals surface area contributed by atoms with Crippen molar-refractivity contribution in [3.05, 3.63) is 53.6 Å². The number of alkyl halides is 3. The standard InChI is InChI=1S/C16H13F3O5/c1-22-14-8-11(15(20)21)4-7-13(14)23-9-10-2-5-12(6-3-10)24-16(17,18)19/h2-8H,9H2,1H3,(H,20,21). The molecular formula is C16H13F3O5. The SMILES string of the molecule is COc1cc(C(=O)O)ccc1OCc1ccc(OC(F)(F)F)cc1. The average Bonchev–Trinajstić information content (AvgIpc) is 2.52. The normalized spacial score (nSPS) is 11.0. The van der Waals surface area contributed by atoms with Gasteiger partial charge < -0.3 is 19.3 Å². The van der Waals surface area contributed by atoms with Gasteiger partial charge >= 0.3 is 12.3 Å². The highest BCUT2D eigenvalue weighted by Crippen LogP contribution is 2.29. The Kier molecular flexibility index (Phi) is 5.18. The smallest absolute Gasteiger partial charge is 0.493 e. The fourth-order valence-corrected chi connectivity index (χ4v) is 1.87. The zero-order chi connectivity index (χ0) is 17.7. The van der Waals surface area contributed by atoms with Gasteiger partial charge in [0.25, 0.3) is 0 Å². The molecule has 5 nitrogen and oxygen atoms in total. The molecule has 0 spiro atoms. The molecule has 2 rings (SSSR count). The maximum Gasteiger partial charge on any atom is 0.573 e. The van der Waals surface area contributed by atoms with Gasteiger partial charge in [-0.05, 0) is 35.9 Å². The van der Waals surface area contributed by atoms with Crippen molar-refractivity contribution in [2.45, 2.75) is 13.0 Å². The van der Waals surface area contributed by atoms with Crippen LogP contribution < -0.4 is 14.2 Å². The minimum atomic E-state index is -4.74. The molecule has 24 heavy (non-hydrogen) atoms. The first-order valence-corrected chi connectivity index (χ1v) is 6.67. The average molecular weight is 342 g/mol. The quantitative estimate of drug-likeness (QED) is 0.863. The Morgan fingerprint density at radius 2 is 1.75 bits per heavy atom. The lowest BCUT2D eigenvalue weighted by Gasteiger charge is -2.12. The van der Waals surface area contributed by atoms with E-state index < -0.39 is 12.3 Å². The highest BCUT2D eigenvalue weighted by atomic mass is 19.4. The Morgan fingerprint density at radius 3 is 2.29 bits per heavy atom. The van der Waals surface area contributed by atoms with E-state index in [2.05, 4.69) is 4.74 Å². The number of carboxylic acid groups (broad SMARTS) is 1. The maximum atomic E-state index is 12.1. The van der Waals surface area contributed by atoms with Crippen LogP contribution in [0.2, 0.25) is 0 Å². The van der Waals surface area contributed by atoms with Crippen LogP contribution in [0.1, 0.15) is 15.9 Å². The fourth-order valence-electron chi connectivity index (χ4n) is 1.87. The van der Waals surface area contributed by atoms with Crippen molar-refractivity contribution in [3.63, 3.8) is 0 Å². The largest absolute Gasteiger partial charge is 0.573 e. The van der Waals surface area contributed by atoms with Crippen molar-refractivity contribution in [2.24, 2.45) is 0 Å². The van der Waals surface area contributed by atoms with Crippen LogP contribution in [-0.2, 0) is 6.61 Å². The molecule has 0 fully saturated rings. The van der Waals surface area contributed by atoms with Gasteiger partial charge in [-0.1, -0.05) is 12.1 Å². The zero-order valence-corrected chi connectivity index (χ0v) is 12.5. The summed E-state index contributed by atoms with van der Waals surface area (Å²) >= 11 is 0. The third-order valence-electron chi connectivity index (χ3n) is 2.96. The predicted octanol–water partition coefficient (Wildman–Crippen LogP) is 3.87. The molecule has 0 bridgehead atoms. The first kappa shape index (κ1) is 17.5. The minimum absolute atomic E-state index is 0.0489. The Hall–Kier alpha value is -2.90. The first-order valence-electron chi connectivity index (χ1n) is 6.67. The number of carbonyl (C=O) groups is 1. The van der Waals surface area contributed by atoms with E-state index in [9.17, 15) is 18.0 Å². The summed E-state index contributed by atoms with van der Waals surface area (Å²) in [5, 5.41) is 8.92. The number of rotatable bonds is 6. The molecular weight excluding hydrogens is 329 g/mol. The van der Waals surface area contributed by atoms with Crippen molar-refractivity contribution >= 4 is 5.97 Å². The Bertz CT molecular complexity index is 711. The van der Waals surface area contributed by atoms with Gasteiger partial charge in [-0.2, -0.15) is 0 Å². The summed E-state index contributed by atoms with van der Waals surface area (Å²) < 4.78 is 50.6. The molecule has 2 aromatic carbocycles. The van der Waals surface area contributed by atoms with Gasteiger partial charge in [0.1, 0.15) is 12.4 Å². The van der Waals surface area contributed by atoms with E-state index in [1.807, 2.05) is 0 Å². The van der Waals surface area contributed by atoms with Crippen LogP contribution in [0.15, 0.2) is 42.5 Å². The molecule has 0 aliphatic rings. The van der Waals surface area contributed by atoms with Gasteiger partial charge in [0.05, 0.1) is 12.7 Å². The second-order valence-corrected chi connectivity index (χ2v) is 4.65. The zero-order valence-electron chi connectivity index (χ0n) is 12.5. The van der Waals surface area contributed by atoms with E-state index in [-0.39, 0.29) is 23.7 Å². The monoisotopic (exact) mass is 342 g/mol. The molecule has 0 saturated carbocycles. The summed E-state index contributed by atoms with van der Waals surface area (Å²) in [5.41, 5.74) is 0.654. The highest BCUT2D eigenvalue weighted by Gasteiger charge is 2.30. The Morgan fingerprint density at radius 1 is 1.08 bits per heavy atom. The van der Waals surface area contributed by atoms with Crippen molar-refractivity contribution in [1.82, 2.24) is 0 Å². The number of ether oxygens (including phenoxy) is 3. The fraction of sp³-hybridized carbons (Fsp3) is 0.188. The van der Waals surface area contributed by atoms with Crippen LogP contribution in [0.25, 0.3) is 0 Å². The van der Waals surface area contributed by atoms with Crippen molar-refractivity contribution in [3.8, 4) is 17.2 Å². The van der Waals surface area contributed by atoms with Crippen LogP contribution >= 0.6 is 0 Å². The van der Waals surface area contributed by atoms with Gasteiger partial charge in [-0.15, -0.1) is 13.2 Å². The number of hydrogen-bond donors (Lipinski definition) is 1. The summed E-state index contributed by atoms with van der Waals surface area (Å²) in [6.45, 7) is 0.0646. The number of halogens is 3. The lowest BCUT2D eigenvalue weighted by molar-refractivity contribution is -0.274. The molecule has 0 aliphatic carbocycles. The second kappa shape index (κ2) is 7.12. The topological polar surface area (TPSA) is 65.0 Å². The van der Waals surface area contributed by atoms with Crippen LogP contribution in [0.3, 0.4) is 0 Å². The van der Waals surface area contributed by atoms with Crippen molar-refractivity contribution in [1.29, 1.82) is 0 Å². The molecule has 128 valence electrons. The van der Waals surface area contributed by atoms with Crippen LogP contribution in [-0.4, -0.2) is 24.5 Å². The van der Waals surface area contributed by atoms with Gasteiger partial charge in [-0.3, -0.25) is 0 Å². The van der Waals surface area contributed by atoms with E-state index in [0.717, 1.165) is 0 Å². The number of methoxy groups -OCH3 is 1. The predicted molar refractivity (Wildman–Crippen MR) is 77.4 cm³/mol. The molecule has 8 heteroatoms. The van der Waals surface area contributed by atoms with Gasteiger partial charge in [0.15, 0.2) is 11.5 Å². The summed E-state index contributed by atoms with van der Waals surface area (Å²) in [6.07, 6.45) is -4.74. The molecule has 0 aliphatic heterocycles. The van der Waals surface area contributed by atoms with Crippen molar-refractivity contribution in [2.75, 3.05) is 7.11 Å². The molecule has 0 heterocycles. The summed E-state index contributed by atoms with van der Waals surface area (Å²) in [7, 11) is 1.37. The van der Waals surface area contributed by atoms with E-state index in [1.54, 1.807) is 0 Å². The van der Waals surface area contributed by atoms with Crippen LogP contribution in [0, 0.1) is 0 Å². The van der Waals surface area contributed by atoms with Gasteiger partial charge in [-0.25, -0.2) is 4.79 Å². The van der Waals surface area contributed by atoms with Crippen molar-refractivity contribution < 1.29 is 37.3 Å². The molecule has 0 unspecified atom stereocenters. The first-order chi connectivity index (χ1) is 11.3. The molecule has 0 radical (unpaired) electrons. The summed E-state index contributed by atoms with van der Waals surface area (Å²) in [5.74, 6) is -0.861. The lowest BCUT2D eigenvalue weighted by Crippen LogP contribution is -2.17. The number of hydrogen-bond acceptors (Lipinski definition) is 4. The van der Waals surface area contributed by atoms with E-state index in [0.29, 0.717) is 11.3 Å². The summed E-state index contributed by atoms with van der Waals surface area (Å²) in [6, 6.07) is 9.34. The van der Waals surface area contributed by atoms with Gasteiger partial charge in [0.2, 0.25) is 0 Å². The third kappa shape index (κ3) is 4.80. The molecule has 0 amide bonds. The number of aromatic carboxylic acids is 1. The summed E-state index contributed by atoms with van der Waals surface area (Å²) in [4.78, 5) is 10.9. The van der Waals surface area contributed by atoms with E-state index in [4.69, 9.17) is 14.6 Å². The Labute approximate surface area is 135 Å². The second-order valence-electron chi connectivity index (χ2n) is 4.65. The Balaban J connectivity index is 2.04. The third-order valence-corrected chi connectivity index (χ3v) is 2.96. The van der Waals surface area contributed by atoms with Crippen LogP contribution in [0.5, 0.6) is 17.2 Å². The van der Waals surface area contributed by atoms with E-state index in [1.165, 1.54) is 49.6 Å². The number of benzene rings is 2. The van der Waals surface area contributed by atoms with Gasteiger partial charge in [0, 0.05) is 0 Å². The number of carboxylic acids is 1. The lowest BCUT2D eigenvalue weighted by atomic mass is 10.2.